The van der Waals surface area contributed by atoms with E-state index in [1.807, 2.05) is 12.1 Å². The zero-order valence-electron chi connectivity index (χ0n) is 21.7. The number of nitrogens with zero attached hydrogens (tertiary/aromatic N) is 2. The van der Waals surface area contributed by atoms with Crippen molar-refractivity contribution < 1.29 is 4.42 Å². The fourth-order valence-electron chi connectivity index (χ4n) is 6.67. The second kappa shape index (κ2) is 8.11. The summed E-state index contributed by atoms with van der Waals surface area (Å²) in [5.41, 5.74) is 11.7. The topological polar surface area (TPSA) is 21.3 Å². The van der Waals surface area contributed by atoms with Gasteiger partial charge in [-0.05, 0) is 65.7 Å². The van der Waals surface area contributed by atoms with Gasteiger partial charge in [0.2, 0.25) is 0 Å². The van der Waals surface area contributed by atoms with Crippen LogP contribution in [0.25, 0.3) is 49.4 Å². The summed E-state index contributed by atoms with van der Waals surface area (Å²) >= 11 is 0. The second-order valence-corrected chi connectivity index (χ2v) is 10.6. The zero-order valence-corrected chi connectivity index (χ0v) is 21.7. The van der Waals surface area contributed by atoms with E-state index in [4.69, 9.17) is 4.42 Å². The van der Waals surface area contributed by atoms with Crippen molar-refractivity contribution in [3.8, 4) is 5.69 Å². The molecule has 8 aromatic rings. The predicted molar refractivity (Wildman–Crippen MR) is 166 cm³/mol. The van der Waals surface area contributed by atoms with Crippen LogP contribution in [0.15, 0.2) is 138 Å². The number of rotatable bonds is 2. The van der Waals surface area contributed by atoms with Crippen molar-refractivity contribution in [2.75, 3.05) is 4.90 Å². The third-order valence-electron chi connectivity index (χ3n) is 8.38. The molecule has 6 aromatic carbocycles. The van der Waals surface area contributed by atoms with Gasteiger partial charge in [-0.1, -0.05) is 78.9 Å². The maximum atomic E-state index is 6.15. The largest absolute Gasteiger partial charge is 0.456 e. The summed E-state index contributed by atoms with van der Waals surface area (Å²) in [6, 6.07) is 47.9. The quantitative estimate of drug-likeness (QED) is 0.230. The van der Waals surface area contributed by atoms with Crippen LogP contribution in [0.2, 0.25) is 0 Å². The van der Waals surface area contributed by atoms with Crippen LogP contribution in [-0.4, -0.2) is 4.57 Å². The number of hydrogen-bond donors (Lipinski definition) is 0. The lowest BCUT2D eigenvalue weighted by Crippen LogP contribution is -2.18. The van der Waals surface area contributed by atoms with Gasteiger partial charge in [-0.2, -0.15) is 0 Å². The summed E-state index contributed by atoms with van der Waals surface area (Å²) in [5.74, 6) is 0. The Morgan fingerprint density at radius 3 is 1.93 bits per heavy atom. The number of anilines is 3. The van der Waals surface area contributed by atoms with Crippen LogP contribution in [-0.2, 0) is 6.42 Å². The smallest absolute Gasteiger partial charge is 0.135 e. The minimum atomic E-state index is 0.910. The van der Waals surface area contributed by atoms with Crippen LogP contribution in [0, 0.1) is 0 Å². The molecule has 1 aliphatic rings. The summed E-state index contributed by atoms with van der Waals surface area (Å²) in [4.78, 5) is 2.46. The van der Waals surface area contributed by atoms with Gasteiger partial charge in [0.25, 0.3) is 0 Å². The molecule has 0 radical (unpaired) electrons. The molecule has 0 saturated carbocycles. The van der Waals surface area contributed by atoms with Crippen LogP contribution in [0.1, 0.15) is 11.1 Å². The molecule has 0 spiro atoms. The molecule has 0 bridgehead atoms. The molecular formula is C37H24N2O. The van der Waals surface area contributed by atoms with Crippen molar-refractivity contribution in [1.82, 2.24) is 4.57 Å². The maximum Gasteiger partial charge on any atom is 0.135 e. The highest BCUT2D eigenvalue weighted by Crippen LogP contribution is 2.48. The predicted octanol–water partition coefficient (Wildman–Crippen LogP) is 10.1. The number of para-hydroxylation sites is 4. The Kier molecular flexibility index (Phi) is 4.39. The van der Waals surface area contributed by atoms with Gasteiger partial charge in [-0.15, -0.1) is 0 Å². The van der Waals surface area contributed by atoms with Crippen LogP contribution < -0.4 is 4.90 Å². The van der Waals surface area contributed by atoms with Crippen molar-refractivity contribution in [3.63, 3.8) is 0 Å². The maximum absolute atomic E-state index is 6.15. The molecule has 9 rings (SSSR count). The monoisotopic (exact) mass is 512 g/mol. The van der Waals surface area contributed by atoms with Crippen LogP contribution >= 0.6 is 0 Å². The highest BCUT2D eigenvalue weighted by atomic mass is 16.3. The molecule has 0 amide bonds. The molecule has 3 heteroatoms. The van der Waals surface area contributed by atoms with E-state index in [2.05, 4.69) is 131 Å². The first kappa shape index (κ1) is 21.6. The SMILES string of the molecule is c1ccc2c(c1)Cc1ccccc1N2c1cccc2c1c1ccccc1n2-c1ccc2oc3ccccc3c2c1. The fourth-order valence-corrected chi connectivity index (χ4v) is 6.67. The fraction of sp³-hybridized carbons (Fsp3) is 0.0270. The lowest BCUT2D eigenvalue weighted by atomic mass is 9.94. The van der Waals surface area contributed by atoms with Crippen LogP contribution in [0.4, 0.5) is 17.1 Å². The second-order valence-electron chi connectivity index (χ2n) is 10.6. The molecule has 188 valence electrons. The number of furan rings is 1. The molecule has 1 aliphatic heterocycles. The lowest BCUT2D eigenvalue weighted by molar-refractivity contribution is 0.669. The summed E-state index contributed by atoms with van der Waals surface area (Å²) in [5, 5.41) is 4.77. The van der Waals surface area contributed by atoms with Crippen molar-refractivity contribution in [3.05, 3.63) is 145 Å². The van der Waals surface area contributed by atoms with Crippen molar-refractivity contribution in [2.24, 2.45) is 0 Å². The lowest BCUT2D eigenvalue weighted by Gasteiger charge is -2.34. The highest BCUT2D eigenvalue weighted by Gasteiger charge is 2.26. The van der Waals surface area contributed by atoms with Gasteiger partial charge in [0.05, 0.1) is 16.7 Å². The number of benzene rings is 6. The Morgan fingerprint density at radius 1 is 0.475 bits per heavy atom. The van der Waals surface area contributed by atoms with Gasteiger partial charge < -0.3 is 13.9 Å². The van der Waals surface area contributed by atoms with Gasteiger partial charge >= 0.3 is 0 Å². The molecule has 0 atom stereocenters. The average molecular weight is 513 g/mol. The Labute approximate surface area is 231 Å². The minimum Gasteiger partial charge on any atom is -0.456 e. The first-order valence-electron chi connectivity index (χ1n) is 13.7. The third kappa shape index (κ3) is 2.95. The molecule has 0 N–H and O–H groups in total. The molecule has 0 saturated heterocycles. The van der Waals surface area contributed by atoms with Gasteiger partial charge in [-0.25, -0.2) is 0 Å². The van der Waals surface area contributed by atoms with Gasteiger partial charge in [0.1, 0.15) is 11.2 Å². The first-order valence-corrected chi connectivity index (χ1v) is 13.7. The zero-order chi connectivity index (χ0) is 26.2. The number of aromatic nitrogens is 1. The molecule has 0 unspecified atom stereocenters. The summed E-state index contributed by atoms with van der Waals surface area (Å²) in [6.07, 6.45) is 0.944. The van der Waals surface area contributed by atoms with E-state index in [1.165, 1.54) is 50.0 Å². The normalized spacial score (nSPS) is 12.8. The Hall–Kier alpha value is -5.28. The van der Waals surface area contributed by atoms with Crippen LogP contribution in [0.5, 0.6) is 0 Å². The van der Waals surface area contributed by atoms with Gasteiger partial charge in [-0.3, -0.25) is 0 Å². The Balaban J connectivity index is 1.37. The average Bonchev–Trinajstić information content (AvgIpc) is 3.55. The molecule has 3 heterocycles. The molecular weight excluding hydrogens is 488 g/mol. The molecule has 40 heavy (non-hydrogen) atoms. The summed E-state index contributed by atoms with van der Waals surface area (Å²) in [6.45, 7) is 0. The third-order valence-corrected chi connectivity index (χ3v) is 8.38. The standard InChI is InChI=1S/C37H24N2O/c1-5-14-30-24(10-1)22-25-11-2-6-15-31(25)39(30)34-18-9-17-33-37(34)28-13-3-7-16-32(28)38(33)26-20-21-36-29(23-26)27-12-4-8-19-35(27)40-36/h1-21,23H,22H2. The number of hydrogen-bond acceptors (Lipinski definition) is 2. The number of fused-ring (bicyclic) bond motifs is 8. The molecule has 0 fully saturated rings. The Bertz CT molecular complexity index is 2220. The Morgan fingerprint density at radius 2 is 1.10 bits per heavy atom. The van der Waals surface area contributed by atoms with E-state index in [1.54, 1.807) is 0 Å². The minimum absolute atomic E-state index is 0.910. The van der Waals surface area contributed by atoms with E-state index in [9.17, 15) is 0 Å². The van der Waals surface area contributed by atoms with Crippen LogP contribution in [0.3, 0.4) is 0 Å². The van der Waals surface area contributed by atoms with E-state index >= 15 is 0 Å². The molecule has 2 aromatic heterocycles. The van der Waals surface area contributed by atoms with Crippen molar-refractivity contribution in [2.45, 2.75) is 6.42 Å². The molecule has 3 nitrogen and oxygen atoms in total. The van der Waals surface area contributed by atoms with E-state index in [0.29, 0.717) is 0 Å². The summed E-state index contributed by atoms with van der Waals surface area (Å²) in [7, 11) is 0. The van der Waals surface area contributed by atoms with Gasteiger partial charge in [0, 0.05) is 45.0 Å². The van der Waals surface area contributed by atoms with Crippen molar-refractivity contribution >= 4 is 60.8 Å². The van der Waals surface area contributed by atoms with Crippen molar-refractivity contribution in [1.29, 1.82) is 0 Å². The van der Waals surface area contributed by atoms with E-state index in [-0.39, 0.29) is 0 Å². The molecule has 0 aliphatic carbocycles. The highest BCUT2D eigenvalue weighted by molar-refractivity contribution is 6.17. The van der Waals surface area contributed by atoms with E-state index in [0.717, 1.165) is 34.0 Å². The van der Waals surface area contributed by atoms with Gasteiger partial charge in [0.15, 0.2) is 0 Å². The summed E-state index contributed by atoms with van der Waals surface area (Å²) < 4.78 is 8.55. The first-order chi connectivity index (χ1) is 19.8. The van der Waals surface area contributed by atoms with E-state index < -0.39 is 0 Å².